The van der Waals surface area contributed by atoms with Crippen molar-refractivity contribution in [2.45, 2.75) is 88.0 Å². The number of ketones is 2. The third-order valence-corrected chi connectivity index (χ3v) is 12.0. The van der Waals surface area contributed by atoms with Crippen LogP contribution in [0.15, 0.2) is 24.4 Å². The number of urea groups is 1. The number of thioether (sulfide) groups is 1. The number of carbonyl (C=O) groups is 4. The fourth-order valence-electron chi connectivity index (χ4n) is 6.89. The maximum atomic E-state index is 12.2. The molecule has 0 aromatic carbocycles. The summed E-state index contributed by atoms with van der Waals surface area (Å²) in [6, 6.07) is 0.447. The molecule has 374 valence electrons. The van der Waals surface area contributed by atoms with E-state index >= 15 is 0 Å². The number of ether oxygens (including phenoxy) is 11. The van der Waals surface area contributed by atoms with E-state index in [2.05, 4.69) is 17.2 Å². The van der Waals surface area contributed by atoms with E-state index in [9.17, 15) is 19.2 Å². The van der Waals surface area contributed by atoms with Crippen LogP contribution in [0.4, 0.5) is 4.79 Å². The molecule has 3 rings (SSSR count). The number of hydrogen-bond donors (Lipinski definition) is 2. The first-order chi connectivity index (χ1) is 31.9. The standard InChI is InChI=1S/C46H79N3O15S/c1-39-12-13-44(52)49(39)15-14-41(51)10-5-7-17-55-19-21-57-23-25-59-27-29-61-31-33-63-35-37-64-36-34-62-32-30-60-28-26-58-24-22-56-20-18-54-16-6-4-9-40(50)8-2-3-11-43-45-42(38-65-43)47-46(53)48-45/h12-13,42-43,45H,1-11,14-38H2,(H2,47,48,53). The van der Waals surface area contributed by atoms with E-state index in [0.717, 1.165) is 50.7 Å². The lowest BCUT2D eigenvalue weighted by atomic mass is 10.0. The Morgan fingerprint density at radius 2 is 0.877 bits per heavy atom. The van der Waals surface area contributed by atoms with Crippen molar-refractivity contribution in [3.63, 3.8) is 0 Å². The number of fused-ring (bicyclic) bond motifs is 1. The molecule has 3 atom stereocenters. The second kappa shape index (κ2) is 39.5. The van der Waals surface area contributed by atoms with Gasteiger partial charge in [0.2, 0.25) is 0 Å². The smallest absolute Gasteiger partial charge is 0.315 e. The molecule has 0 bridgehead atoms. The minimum absolute atomic E-state index is 0.0497. The first-order valence-electron chi connectivity index (χ1n) is 23.7. The van der Waals surface area contributed by atoms with Gasteiger partial charge < -0.3 is 67.6 Å². The number of nitrogens with zero attached hydrogens (tertiary/aromatic N) is 1. The summed E-state index contributed by atoms with van der Waals surface area (Å²) in [4.78, 5) is 48.9. The predicted octanol–water partition coefficient (Wildman–Crippen LogP) is 3.68. The third-order valence-electron chi connectivity index (χ3n) is 10.5. The van der Waals surface area contributed by atoms with Gasteiger partial charge >= 0.3 is 6.03 Å². The minimum atomic E-state index is -0.112. The van der Waals surface area contributed by atoms with Crippen molar-refractivity contribution < 1.29 is 71.3 Å². The molecule has 3 unspecified atom stereocenters. The van der Waals surface area contributed by atoms with Gasteiger partial charge in [-0.25, -0.2) is 4.79 Å². The zero-order chi connectivity index (χ0) is 46.3. The number of amides is 3. The summed E-state index contributed by atoms with van der Waals surface area (Å²) in [5, 5.41) is 6.45. The summed E-state index contributed by atoms with van der Waals surface area (Å²) in [6.07, 6.45) is 11.5. The molecule has 19 heteroatoms. The van der Waals surface area contributed by atoms with Crippen LogP contribution in [0.3, 0.4) is 0 Å². The lowest BCUT2D eigenvalue weighted by Gasteiger charge is -2.16. The highest BCUT2D eigenvalue weighted by molar-refractivity contribution is 8.00. The molecule has 3 amide bonds. The summed E-state index contributed by atoms with van der Waals surface area (Å²) >= 11 is 1.92. The molecule has 3 aliphatic heterocycles. The molecule has 0 spiro atoms. The van der Waals surface area contributed by atoms with Gasteiger partial charge in [-0.1, -0.05) is 13.0 Å². The molecule has 0 aromatic rings. The Labute approximate surface area is 391 Å². The van der Waals surface area contributed by atoms with Gasteiger partial charge in [0.05, 0.1) is 144 Å². The average Bonchev–Trinajstić information content (AvgIpc) is 3.97. The van der Waals surface area contributed by atoms with Gasteiger partial charge in [-0.05, 0) is 44.6 Å². The van der Waals surface area contributed by atoms with Gasteiger partial charge in [0.1, 0.15) is 11.6 Å². The second-order valence-electron chi connectivity index (χ2n) is 15.7. The van der Waals surface area contributed by atoms with E-state index in [-0.39, 0.29) is 29.8 Å². The van der Waals surface area contributed by atoms with Gasteiger partial charge in [-0.3, -0.25) is 14.4 Å². The Bertz CT molecular complexity index is 1300. The molecule has 2 saturated heterocycles. The van der Waals surface area contributed by atoms with Crippen molar-refractivity contribution >= 4 is 35.3 Å². The minimum Gasteiger partial charge on any atom is -0.379 e. The van der Waals surface area contributed by atoms with Crippen LogP contribution in [0.25, 0.3) is 0 Å². The molecular formula is C46H79N3O15S. The molecule has 0 saturated carbocycles. The topological polar surface area (TPSA) is 197 Å². The van der Waals surface area contributed by atoms with Gasteiger partial charge in [0.25, 0.3) is 5.91 Å². The van der Waals surface area contributed by atoms with E-state index < -0.39 is 0 Å². The molecule has 18 nitrogen and oxygen atoms in total. The summed E-state index contributed by atoms with van der Waals surface area (Å²) in [7, 11) is 0. The van der Waals surface area contributed by atoms with Crippen LogP contribution in [0.1, 0.15) is 70.6 Å². The Hall–Kier alpha value is -2.53. The Morgan fingerprint density at radius 1 is 0.508 bits per heavy atom. The highest BCUT2D eigenvalue weighted by Crippen LogP contribution is 2.33. The Kier molecular flexibility index (Phi) is 34.5. The number of carbonyl (C=O) groups excluding carboxylic acids is 4. The van der Waals surface area contributed by atoms with Crippen molar-refractivity contribution in [2.75, 3.05) is 158 Å². The van der Waals surface area contributed by atoms with Crippen LogP contribution in [-0.2, 0) is 66.5 Å². The zero-order valence-corrected chi connectivity index (χ0v) is 39.6. The number of unbranched alkanes of at least 4 members (excludes halogenated alkanes) is 3. The summed E-state index contributed by atoms with van der Waals surface area (Å²) in [6.45, 7) is 15.2. The third kappa shape index (κ3) is 29.8. The first kappa shape index (κ1) is 56.8. The Balaban J connectivity index is 0.880. The van der Waals surface area contributed by atoms with Crippen molar-refractivity contribution in [1.29, 1.82) is 0 Å². The lowest BCUT2D eigenvalue weighted by Crippen LogP contribution is -2.36. The SMILES string of the molecule is C=C1C=CC(=O)N1CCC(=O)CCCCOCCOCCOCCOCCOCCOCCOCCOCCOCCOCCOCCCCC(=O)CCCCC1SCC2NC(=O)NC21. The monoisotopic (exact) mass is 946 g/mol. The van der Waals surface area contributed by atoms with E-state index in [4.69, 9.17) is 52.1 Å². The highest BCUT2D eigenvalue weighted by Gasteiger charge is 2.42. The van der Waals surface area contributed by atoms with Crippen molar-refractivity contribution in [3.8, 4) is 0 Å². The fourth-order valence-corrected chi connectivity index (χ4v) is 8.44. The molecule has 3 aliphatic rings. The maximum absolute atomic E-state index is 12.2. The molecule has 2 fully saturated rings. The number of Topliss-reactive ketones (excluding diaryl/α,β-unsaturated/α-hetero) is 2. The summed E-state index contributed by atoms with van der Waals surface area (Å²) < 4.78 is 60.8. The van der Waals surface area contributed by atoms with Gasteiger partial charge in [0.15, 0.2) is 0 Å². The average molecular weight is 946 g/mol. The predicted molar refractivity (Wildman–Crippen MR) is 245 cm³/mol. The van der Waals surface area contributed by atoms with Crippen LogP contribution in [0, 0.1) is 0 Å². The van der Waals surface area contributed by atoms with Gasteiger partial charge in [-0.15, -0.1) is 0 Å². The van der Waals surface area contributed by atoms with Gasteiger partial charge in [0, 0.05) is 68.2 Å². The molecule has 0 aliphatic carbocycles. The van der Waals surface area contributed by atoms with Crippen molar-refractivity contribution in [2.24, 2.45) is 0 Å². The van der Waals surface area contributed by atoms with Gasteiger partial charge in [-0.2, -0.15) is 11.8 Å². The van der Waals surface area contributed by atoms with E-state index in [1.807, 2.05) is 11.8 Å². The summed E-state index contributed by atoms with van der Waals surface area (Å²) in [5.41, 5.74) is 0.638. The normalized spacial score (nSPS) is 17.9. The lowest BCUT2D eigenvalue weighted by molar-refractivity contribution is -0.124. The zero-order valence-electron chi connectivity index (χ0n) is 38.8. The van der Waals surface area contributed by atoms with E-state index in [0.29, 0.717) is 194 Å². The number of allylic oxidation sites excluding steroid dienone is 1. The highest BCUT2D eigenvalue weighted by atomic mass is 32.2. The van der Waals surface area contributed by atoms with Crippen molar-refractivity contribution in [1.82, 2.24) is 15.5 Å². The van der Waals surface area contributed by atoms with Crippen molar-refractivity contribution in [3.05, 3.63) is 24.4 Å². The van der Waals surface area contributed by atoms with E-state index in [1.54, 1.807) is 6.08 Å². The number of hydrogen-bond acceptors (Lipinski definition) is 16. The quantitative estimate of drug-likeness (QED) is 0.0662. The van der Waals surface area contributed by atoms with Crippen LogP contribution >= 0.6 is 11.8 Å². The maximum Gasteiger partial charge on any atom is 0.315 e. The molecule has 3 heterocycles. The molecule has 65 heavy (non-hydrogen) atoms. The van der Waals surface area contributed by atoms with Crippen LogP contribution < -0.4 is 10.6 Å². The molecule has 2 N–H and O–H groups in total. The van der Waals surface area contributed by atoms with Crippen LogP contribution in [0.5, 0.6) is 0 Å². The van der Waals surface area contributed by atoms with E-state index in [1.165, 1.54) is 11.0 Å². The second-order valence-corrected chi connectivity index (χ2v) is 16.9. The Morgan fingerprint density at radius 3 is 1.26 bits per heavy atom. The first-order valence-corrected chi connectivity index (χ1v) is 24.7. The van der Waals surface area contributed by atoms with Crippen LogP contribution in [0.2, 0.25) is 0 Å². The molecule has 0 radical (unpaired) electrons. The molecular weight excluding hydrogens is 867 g/mol. The fraction of sp³-hybridized carbons (Fsp3) is 0.826. The summed E-state index contributed by atoms with van der Waals surface area (Å²) in [5.74, 6) is 1.33. The van der Waals surface area contributed by atoms with Crippen LogP contribution in [-0.4, -0.2) is 203 Å². The number of nitrogens with one attached hydrogen (secondary N) is 2. The number of rotatable bonds is 48. The largest absolute Gasteiger partial charge is 0.379 e. The molecule has 0 aromatic heterocycles.